The van der Waals surface area contributed by atoms with Crippen LogP contribution >= 0.6 is 23.2 Å². The highest BCUT2D eigenvalue weighted by Crippen LogP contribution is 2.31. The topological polar surface area (TPSA) is 48.2 Å². The highest BCUT2D eigenvalue weighted by Gasteiger charge is 2.14. The van der Waals surface area contributed by atoms with Gasteiger partial charge in [-0.05, 0) is 48.9 Å². The van der Waals surface area contributed by atoms with Crippen molar-refractivity contribution in [2.75, 3.05) is 6.61 Å². The van der Waals surface area contributed by atoms with Crippen molar-refractivity contribution in [3.63, 3.8) is 0 Å². The van der Waals surface area contributed by atoms with Gasteiger partial charge < -0.3 is 9.15 Å². The molecule has 0 radical (unpaired) electrons. The zero-order valence-electron chi connectivity index (χ0n) is 16.0. The maximum Gasteiger partial charge on any atom is 0.249 e. The first kappa shape index (κ1) is 20.7. The minimum Gasteiger partial charge on any atom is -0.494 e. The molecule has 0 aliphatic carbocycles. The molecule has 4 nitrogen and oxygen atoms in total. The number of unbranched alkanes of at least 4 members (excludes halogenated alkanes) is 5. The van der Waals surface area contributed by atoms with E-state index in [1.807, 2.05) is 24.3 Å². The molecule has 2 aromatic carbocycles. The highest BCUT2D eigenvalue weighted by molar-refractivity contribution is 6.35. The molecule has 0 saturated carbocycles. The summed E-state index contributed by atoms with van der Waals surface area (Å²) in [4.78, 5) is 0. The second kappa shape index (κ2) is 10.5. The maximum absolute atomic E-state index is 6.20. The van der Waals surface area contributed by atoms with E-state index in [-0.39, 0.29) is 0 Å². The molecule has 0 aliphatic rings. The van der Waals surface area contributed by atoms with Crippen LogP contribution in [0.3, 0.4) is 0 Å². The minimum absolute atomic E-state index is 0.339. The molecule has 0 amide bonds. The van der Waals surface area contributed by atoms with Gasteiger partial charge in [0.15, 0.2) is 0 Å². The van der Waals surface area contributed by atoms with Crippen LogP contribution in [0.2, 0.25) is 10.0 Å². The molecule has 28 heavy (non-hydrogen) atoms. The average Bonchev–Trinajstić information content (AvgIpc) is 3.19. The first-order valence-corrected chi connectivity index (χ1v) is 10.4. The number of hydrogen-bond acceptors (Lipinski definition) is 4. The minimum atomic E-state index is 0.339. The summed E-state index contributed by atoms with van der Waals surface area (Å²) < 4.78 is 11.6. The second-order valence-electron chi connectivity index (χ2n) is 6.68. The number of benzene rings is 2. The third-order valence-electron chi connectivity index (χ3n) is 4.45. The van der Waals surface area contributed by atoms with Gasteiger partial charge in [-0.15, -0.1) is 10.2 Å². The monoisotopic (exact) mass is 418 g/mol. The Labute approximate surface area is 175 Å². The van der Waals surface area contributed by atoms with E-state index in [4.69, 9.17) is 32.4 Å². The largest absolute Gasteiger partial charge is 0.494 e. The van der Waals surface area contributed by atoms with Crippen LogP contribution in [-0.2, 0) is 0 Å². The Balaban J connectivity index is 1.55. The molecule has 0 atom stereocenters. The first-order chi connectivity index (χ1) is 13.7. The Kier molecular flexibility index (Phi) is 7.75. The summed E-state index contributed by atoms with van der Waals surface area (Å²) in [5, 5.41) is 9.28. The first-order valence-electron chi connectivity index (χ1n) is 9.69. The molecule has 0 fully saturated rings. The second-order valence-corrected chi connectivity index (χ2v) is 7.52. The Bertz CT molecular complexity index is 878. The summed E-state index contributed by atoms with van der Waals surface area (Å²) in [6, 6.07) is 12.8. The van der Waals surface area contributed by atoms with Crippen LogP contribution in [0.15, 0.2) is 46.9 Å². The van der Waals surface area contributed by atoms with Gasteiger partial charge in [0.2, 0.25) is 11.8 Å². The lowest BCUT2D eigenvalue weighted by molar-refractivity contribution is 0.304. The summed E-state index contributed by atoms with van der Waals surface area (Å²) in [6.07, 6.45) is 7.50. The van der Waals surface area contributed by atoms with E-state index in [1.165, 1.54) is 32.1 Å². The fourth-order valence-electron chi connectivity index (χ4n) is 2.88. The van der Waals surface area contributed by atoms with Crippen molar-refractivity contribution in [2.45, 2.75) is 45.4 Å². The van der Waals surface area contributed by atoms with E-state index in [1.54, 1.807) is 18.2 Å². The van der Waals surface area contributed by atoms with E-state index in [0.29, 0.717) is 27.4 Å². The van der Waals surface area contributed by atoms with Crippen molar-refractivity contribution in [2.24, 2.45) is 0 Å². The Hall–Kier alpha value is -2.04. The van der Waals surface area contributed by atoms with Crippen LogP contribution < -0.4 is 4.74 Å². The molecule has 0 bridgehead atoms. The molecule has 6 heteroatoms. The predicted molar refractivity (Wildman–Crippen MR) is 114 cm³/mol. The van der Waals surface area contributed by atoms with Crippen LogP contribution in [0, 0.1) is 0 Å². The van der Waals surface area contributed by atoms with Gasteiger partial charge in [0.1, 0.15) is 5.75 Å². The average molecular weight is 419 g/mol. The molecule has 1 heterocycles. The molecule has 0 aliphatic heterocycles. The zero-order chi connectivity index (χ0) is 19.8. The van der Waals surface area contributed by atoms with E-state index in [2.05, 4.69) is 17.1 Å². The molecule has 3 aromatic rings. The molecule has 1 aromatic heterocycles. The van der Waals surface area contributed by atoms with Gasteiger partial charge in [-0.3, -0.25) is 0 Å². The number of aromatic nitrogens is 2. The van der Waals surface area contributed by atoms with E-state index in [0.717, 1.165) is 24.3 Å². The number of ether oxygens (including phenoxy) is 1. The molecule has 3 rings (SSSR count). The molecule has 0 unspecified atom stereocenters. The number of halogens is 2. The Morgan fingerprint density at radius 1 is 0.857 bits per heavy atom. The summed E-state index contributed by atoms with van der Waals surface area (Å²) in [5.41, 5.74) is 1.44. The van der Waals surface area contributed by atoms with Gasteiger partial charge in [0.25, 0.3) is 0 Å². The van der Waals surface area contributed by atoms with Crippen molar-refractivity contribution in [3.05, 3.63) is 52.5 Å². The molecule has 148 valence electrons. The third-order valence-corrected chi connectivity index (χ3v) is 5.02. The summed E-state index contributed by atoms with van der Waals surface area (Å²) in [5.74, 6) is 1.61. The van der Waals surface area contributed by atoms with Crippen LogP contribution in [-0.4, -0.2) is 16.8 Å². The smallest absolute Gasteiger partial charge is 0.249 e. The van der Waals surface area contributed by atoms with Crippen LogP contribution in [0.1, 0.15) is 45.4 Å². The van der Waals surface area contributed by atoms with E-state index in [9.17, 15) is 0 Å². The van der Waals surface area contributed by atoms with E-state index >= 15 is 0 Å². The number of nitrogens with zero attached hydrogens (tertiary/aromatic N) is 2. The van der Waals surface area contributed by atoms with Crippen molar-refractivity contribution >= 4 is 23.2 Å². The standard InChI is InChI=1S/C22H24Cl2N2O2/c1-2-3-4-5-6-7-14-27-18-11-8-16(9-12-18)21-25-26-22(28-21)19-15-17(23)10-13-20(19)24/h8-13,15H,2-7,14H2,1H3. The van der Waals surface area contributed by atoms with Gasteiger partial charge in [-0.25, -0.2) is 0 Å². The van der Waals surface area contributed by atoms with Crippen molar-refractivity contribution in [3.8, 4) is 28.7 Å². The summed E-state index contributed by atoms with van der Waals surface area (Å²) in [6.45, 7) is 2.97. The Morgan fingerprint density at radius 3 is 2.36 bits per heavy atom. The van der Waals surface area contributed by atoms with E-state index < -0.39 is 0 Å². The fourth-order valence-corrected chi connectivity index (χ4v) is 3.25. The lowest BCUT2D eigenvalue weighted by Crippen LogP contribution is -1.97. The summed E-state index contributed by atoms with van der Waals surface area (Å²) >= 11 is 12.2. The molecule has 0 N–H and O–H groups in total. The highest BCUT2D eigenvalue weighted by atomic mass is 35.5. The molecular formula is C22H24Cl2N2O2. The van der Waals surface area contributed by atoms with Gasteiger partial charge >= 0.3 is 0 Å². The van der Waals surface area contributed by atoms with Crippen molar-refractivity contribution < 1.29 is 9.15 Å². The van der Waals surface area contributed by atoms with Gasteiger partial charge in [-0.1, -0.05) is 62.2 Å². The third kappa shape index (κ3) is 5.73. The normalized spacial score (nSPS) is 11.0. The number of rotatable bonds is 10. The van der Waals surface area contributed by atoms with Gasteiger partial charge in [0, 0.05) is 10.6 Å². The SMILES string of the molecule is CCCCCCCCOc1ccc(-c2nnc(-c3cc(Cl)ccc3Cl)o2)cc1. The zero-order valence-corrected chi connectivity index (χ0v) is 17.5. The lowest BCUT2D eigenvalue weighted by atomic mass is 10.1. The van der Waals surface area contributed by atoms with Crippen molar-refractivity contribution in [1.82, 2.24) is 10.2 Å². The fraction of sp³-hybridized carbons (Fsp3) is 0.364. The maximum atomic E-state index is 6.20. The Morgan fingerprint density at radius 2 is 1.57 bits per heavy atom. The predicted octanol–water partition coefficient (Wildman–Crippen LogP) is 7.45. The summed E-state index contributed by atoms with van der Waals surface area (Å²) in [7, 11) is 0. The quantitative estimate of drug-likeness (QED) is 0.320. The molecular weight excluding hydrogens is 395 g/mol. The number of hydrogen-bond donors (Lipinski definition) is 0. The van der Waals surface area contributed by atoms with Crippen LogP contribution in [0.25, 0.3) is 22.9 Å². The van der Waals surface area contributed by atoms with Crippen LogP contribution in [0.5, 0.6) is 5.75 Å². The van der Waals surface area contributed by atoms with Gasteiger partial charge in [0.05, 0.1) is 17.2 Å². The molecule has 0 saturated heterocycles. The van der Waals surface area contributed by atoms with Gasteiger partial charge in [-0.2, -0.15) is 0 Å². The molecule has 0 spiro atoms. The van der Waals surface area contributed by atoms with Crippen LogP contribution in [0.4, 0.5) is 0 Å². The lowest BCUT2D eigenvalue weighted by Gasteiger charge is -2.06. The van der Waals surface area contributed by atoms with Crippen molar-refractivity contribution in [1.29, 1.82) is 0 Å².